The molecule has 27 heavy (non-hydrogen) atoms. The van der Waals surface area contributed by atoms with E-state index in [1.165, 1.54) is 11.1 Å². The van der Waals surface area contributed by atoms with Crippen LogP contribution in [0.2, 0.25) is 5.02 Å². The molecule has 3 aromatic rings. The molecule has 1 aliphatic heterocycles. The normalized spacial score (nSPS) is 17.6. The van der Waals surface area contributed by atoms with Crippen LogP contribution in [0.3, 0.4) is 0 Å². The van der Waals surface area contributed by atoms with E-state index >= 15 is 0 Å². The third kappa shape index (κ3) is 3.46. The van der Waals surface area contributed by atoms with Crippen molar-refractivity contribution in [3.05, 3.63) is 64.4 Å². The maximum Gasteiger partial charge on any atom is 0.254 e. The minimum atomic E-state index is -0.0327. The molecule has 140 valence electrons. The summed E-state index contributed by atoms with van der Waals surface area (Å²) >= 11 is 6.21. The highest BCUT2D eigenvalue weighted by molar-refractivity contribution is 6.30. The molecule has 1 aliphatic rings. The lowest BCUT2D eigenvalue weighted by molar-refractivity contribution is 0.0532. The molecule has 0 saturated heterocycles. The van der Waals surface area contributed by atoms with Crippen LogP contribution >= 0.6 is 11.6 Å². The third-order valence-electron chi connectivity index (χ3n) is 5.51. The minimum Gasteiger partial charge on any atom is -0.345 e. The Morgan fingerprint density at radius 2 is 2.00 bits per heavy atom. The van der Waals surface area contributed by atoms with Crippen LogP contribution in [0.25, 0.3) is 11.0 Å². The van der Waals surface area contributed by atoms with Gasteiger partial charge in [-0.05, 0) is 59.7 Å². The summed E-state index contributed by atoms with van der Waals surface area (Å²) in [6.07, 6.45) is 3.32. The van der Waals surface area contributed by atoms with Gasteiger partial charge < -0.3 is 9.88 Å². The maximum absolute atomic E-state index is 13.5. The smallest absolute Gasteiger partial charge is 0.254 e. The molecule has 0 aliphatic carbocycles. The van der Waals surface area contributed by atoms with E-state index in [1.54, 1.807) is 6.33 Å². The van der Waals surface area contributed by atoms with Crippen molar-refractivity contribution in [2.75, 3.05) is 6.54 Å². The van der Waals surface area contributed by atoms with Gasteiger partial charge in [-0.3, -0.25) is 4.79 Å². The van der Waals surface area contributed by atoms with Crippen molar-refractivity contribution in [2.24, 2.45) is 5.41 Å². The third-order valence-corrected chi connectivity index (χ3v) is 5.74. The molecule has 4 rings (SSSR count). The van der Waals surface area contributed by atoms with Crippen LogP contribution in [0.1, 0.15) is 42.3 Å². The Morgan fingerprint density at radius 1 is 1.19 bits per heavy atom. The van der Waals surface area contributed by atoms with E-state index in [9.17, 15) is 4.79 Å². The fraction of sp³-hybridized carbons (Fsp3) is 0.364. The molecule has 1 atom stereocenters. The Kier molecular flexibility index (Phi) is 4.47. The number of aromatic amines is 1. The Morgan fingerprint density at radius 3 is 2.78 bits per heavy atom. The van der Waals surface area contributed by atoms with Gasteiger partial charge >= 0.3 is 0 Å². The number of hydrogen-bond acceptors (Lipinski definition) is 2. The van der Waals surface area contributed by atoms with Gasteiger partial charge in [0.2, 0.25) is 0 Å². The molecular formula is C22H24ClN3O. The Bertz CT molecular complexity index is 1000. The van der Waals surface area contributed by atoms with Crippen LogP contribution in [-0.2, 0) is 12.8 Å². The first-order chi connectivity index (χ1) is 12.8. The molecule has 0 bridgehead atoms. The van der Waals surface area contributed by atoms with E-state index in [2.05, 4.69) is 36.8 Å². The number of benzene rings is 2. The molecule has 0 radical (unpaired) electrons. The molecule has 1 unspecified atom stereocenters. The number of hydrogen-bond donors (Lipinski definition) is 1. The average molecular weight is 382 g/mol. The van der Waals surface area contributed by atoms with Crippen LogP contribution in [-0.4, -0.2) is 33.4 Å². The van der Waals surface area contributed by atoms with E-state index in [1.807, 2.05) is 35.2 Å². The van der Waals surface area contributed by atoms with Crippen molar-refractivity contribution >= 4 is 28.5 Å². The first-order valence-electron chi connectivity index (χ1n) is 9.34. The molecule has 4 nitrogen and oxygen atoms in total. The highest BCUT2D eigenvalue weighted by atomic mass is 35.5. The summed E-state index contributed by atoms with van der Waals surface area (Å²) in [6.45, 7) is 7.31. The summed E-state index contributed by atoms with van der Waals surface area (Å²) in [5.74, 6) is 0.0744. The highest BCUT2D eigenvalue weighted by Gasteiger charge is 2.36. The van der Waals surface area contributed by atoms with Crippen molar-refractivity contribution in [1.82, 2.24) is 14.9 Å². The zero-order valence-corrected chi connectivity index (χ0v) is 16.7. The van der Waals surface area contributed by atoms with Crippen molar-refractivity contribution in [3.63, 3.8) is 0 Å². The largest absolute Gasteiger partial charge is 0.345 e. The van der Waals surface area contributed by atoms with E-state index in [0.29, 0.717) is 12.1 Å². The van der Waals surface area contributed by atoms with Crippen LogP contribution in [0.5, 0.6) is 0 Å². The molecule has 2 aromatic carbocycles. The summed E-state index contributed by atoms with van der Waals surface area (Å²) in [7, 11) is 0. The molecule has 2 heterocycles. The molecular weight excluding hydrogens is 358 g/mol. The molecule has 1 amide bonds. The standard InChI is InChI=1S/C22H24ClN3O/c1-22(2,3)20-12-14-4-6-17(23)10-15(14)8-9-26(20)21(27)16-5-7-18-19(11-16)25-13-24-18/h4-7,10-11,13,20H,8-9,12H2,1-3H3,(H,24,25). The summed E-state index contributed by atoms with van der Waals surface area (Å²) < 4.78 is 0. The van der Waals surface area contributed by atoms with Gasteiger partial charge in [0.05, 0.1) is 17.4 Å². The molecule has 1 N–H and O–H groups in total. The number of imidazole rings is 1. The first kappa shape index (κ1) is 18.1. The quantitative estimate of drug-likeness (QED) is 0.653. The van der Waals surface area contributed by atoms with Gasteiger partial charge in [0.25, 0.3) is 5.91 Å². The fourth-order valence-corrected chi connectivity index (χ4v) is 4.19. The van der Waals surface area contributed by atoms with Crippen LogP contribution in [0, 0.1) is 5.41 Å². The lowest BCUT2D eigenvalue weighted by Gasteiger charge is -2.39. The number of carbonyl (C=O) groups excluding carboxylic acids is 1. The second kappa shape index (κ2) is 6.68. The van der Waals surface area contributed by atoms with Crippen molar-refractivity contribution < 1.29 is 4.79 Å². The van der Waals surface area contributed by atoms with Gasteiger partial charge in [-0.25, -0.2) is 4.98 Å². The zero-order chi connectivity index (χ0) is 19.2. The number of H-pyrrole nitrogens is 1. The number of nitrogens with zero attached hydrogens (tertiary/aromatic N) is 2. The molecule has 0 saturated carbocycles. The zero-order valence-electron chi connectivity index (χ0n) is 15.9. The van der Waals surface area contributed by atoms with Gasteiger partial charge in [0.1, 0.15) is 0 Å². The molecule has 0 spiro atoms. The first-order valence-corrected chi connectivity index (χ1v) is 9.72. The number of amides is 1. The summed E-state index contributed by atoms with van der Waals surface area (Å²) in [6, 6.07) is 11.9. The SMILES string of the molecule is CC(C)(C)C1Cc2ccc(Cl)cc2CCN1C(=O)c1ccc2nc[nH]c2c1. The number of nitrogens with one attached hydrogen (secondary N) is 1. The fourth-order valence-electron chi connectivity index (χ4n) is 3.99. The lowest BCUT2D eigenvalue weighted by Crippen LogP contribution is -2.48. The Balaban J connectivity index is 1.72. The summed E-state index contributed by atoms with van der Waals surface area (Å²) in [5, 5.41) is 0.755. The predicted octanol–water partition coefficient (Wildman–Crippen LogP) is 4.87. The van der Waals surface area contributed by atoms with Crippen LogP contribution < -0.4 is 0 Å². The Hall–Kier alpha value is -2.33. The van der Waals surface area contributed by atoms with Gasteiger partial charge in [-0.15, -0.1) is 0 Å². The molecule has 0 fully saturated rings. The predicted molar refractivity (Wildman–Crippen MR) is 109 cm³/mol. The topological polar surface area (TPSA) is 49.0 Å². The van der Waals surface area contributed by atoms with Gasteiger partial charge in [-0.1, -0.05) is 38.4 Å². The van der Waals surface area contributed by atoms with Crippen molar-refractivity contribution in [3.8, 4) is 0 Å². The Labute approximate surface area is 164 Å². The van der Waals surface area contributed by atoms with Gasteiger partial charge in [0.15, 0.2) is 0 Å². The summed E-state index contributed by atoms with van der Waals surface area (Å²) in [4.78, 5) is 22.8. The maximum atomic E-state index is 13.5. The number of rotatable bonds is 1. The average Bonchev–Trinajstić information content (AvgIpc) is 3.00. The highest BCUT2D eigenvalue weighted by Crippen LogP contribution is 2.33. The van der Waals surface area contributed by atoms with E-state index in [-0.39, 0.29) is 17.4 Å². The minimum absolute atomic E-state index is 0.0327. The monoisotopic (exact) mass is 381 g/mol. The van der Waals surface area contributed by atoms with E-state index < -0.39 is 0 Å². The number of aromatic nitrogens is 2. The molecule has 5 heteroatoms. The van der Waals surface area contributed by atoms with Gasteiger partial charge in [-0.2, -0.15) is 0 Å². The number of carbonyl (C=O) groups is 1. The van der Waals surface area contributed by atoms with E-state index in [0.717, 1.165) is 28.9 Å². The van der Waals surface area contributed by atoms with Crippen molar-refractivity contribution in [1.29, 1.82) is 0 Å². The van der Waals surface area contributed by atoms with Crippen LogP contribution in [0.15, 0.2) is 42.7 Å². The second-order valence-electron chi connectivity index (χ2n) is 8.38. The molecule has 1 aromatic heterocycles. The van der Waals surface area contributed by atoms with Crippen LogP contribution in [0.4, 0.5) is 0 Å². The van der Waals surface area contributed by atoms with Gasteiger partial charge in [0, 0.05) is 23.2 Å². The number of fused-ring (bicyclic) bond motifs is 2. The number of halogens is 1. The lowest BCUT2D eigenvalue weighted by atomic mass is 9.81. The van der Waals surface area contributed by atoms with E-state index in [4.69, 9.17) is 11.6 Å². The van der Waals surface area contributed by atoms with Crippen molar-refractivity contribution in [2.45, 2.75) is 39.7 Å². The summed E-state index contributed by atoms with van der Waals surface area (Å²) in [5.41, 5.74) is 4.96. The second-order valence-corrected chi connectivity index (χ2v) is 8.82.